The Balaban J connectivity index is 2.17. The fraction of sp³-hybridized carbons (Fsp3) is 0.182. The lowest BCUT2D eigenvalue weighted by atomic mass is 10.3. The van der Waals surface area contributed by atoms with Gasteiger partial charge in [-0.1, -0.05) is 11.8 Å². The van der Waals surface area contributed by atoms with Gasteiger partial charge in [0.25, 0.3) is 0 Å². The molecule has 0 atom stereocenters. The van der Waals surface area contributed by atoms with Gasteiger partial charge in [0.05, 0.1) is 11.4 Å². The highest BCUT2D eigenvalue weighted by Crippen LogP contribution is 2.19. The molecule has 0 unspecified atom stereocenters. The first-order valence-electron chi connectivity index (χ1n) is 5.57. The number of benzene rings is 1. The summed E-state index contributed by atoms with van der Waals surface area (Å²) >= 11 is 1.03. The lowest BCUT2D eigenvalue weighted by Crippen LogP contribution is -2.06. The van der Waals surface area contributed by atoms with Gasteiger partial charge in [0.2, 0.25) is 11.1 Å². The quantitative estimate of drug-likeness (QED) is 0.784. The van der Waals surface area contributed by atoms with Gasteiger partial charge in [-0.3, -0.25) is 9.59 Å². The number of thioether (sulfide) groups is 1. The highest BCUT2D eigenvalue weighted by molar-refractivity contribution is 7.99. The fourth-order valence-corrected chi connectivity index (χ4v) is 2.06. The molecule has 0 spiro atoms. The molecule has 0 bridgehead atoms. The van der Waals surface area contributed by atoms with E-state index in [0.29, 0.717) is 16.5 Å². The molecule has 20 heavy (non-hydrogen) atoms. The molecule has 0 saturated heterocycles. The number of amides is 1. The number of hydrogen-bond donors (Lipinski definition) is 2. The van der Waals surface area contributed by atoms with Gasteiger partial charge in [-0.15, -0.1) is 5.10 Å². The molecule has 0 aliphatic heterocycles. The van der Waals surface area contributed by atoms with Crippen LogP contribution in [-0.4, -0.2) is 42.9 Å². The zero-order chi connectivity index (χ0) is 14.5. The maximum absolute atomic E-state index is 10.9. The average molecular weight is 293 g/mol. The Morgan fingerprint density at radius 2 is 2.05 bits per heavy atom. The monoisotopic (exact) mass is 293 g/mol. The Hall–Kier alpha value is -2.42. The van der Waals surface area contributed by atoms with E-state index < -0.39 is 5.97 Å². The zero-order valence-corrected chi connectivity index (χ0v) is 11.3. The van der Waals surface area contributed by atoms with Crippen LogP contribution in [0.2, 0.25) is 0 Å². The Morgan fingerprint density at radius 3 is 2.65 bits per heavy atom. The number of carbonyl (C=O) groups is 2. The topological polar surface area (TPSA) is 110 Å². The molecule has 0 aliphatic carbocycles. The van der Waals surface area contributed by atoms with Crippen molar-refractivity contribution in [2.75, 3.05) is 11.1 Å². The van der Waals surface area contributed by atoms with E-state index in [9.17, 15) is 9.59 Å². The summed E-state index contributed by atoms with van der Waals surface area (Å²) in [7, 11) is 0. The molecule has 1 aromatic carbocycles. The number of carboxylic acids is 1. The Labute approximate surface area is 118 Å². The van der Waals surface area contributed by atoms with Gasteiger partial charge in [0, 0.05) is 12.6 Å². The maximum Gasteiger partial charge on any atom is 0.313 e. The van der Waals surface area contributed by atoms with Crippen molar-refractivity contribution < 1.29 is 14.7 Å². The van der Waals surface area contributed by atoms with Crippen LogP contribution >= 0.6 is 11.8 Å². The standard InChI is InChI=1S/C11H11N5O3S/c1-7(17)12-8-2-4-9(5-3-8)16-11(13-14-15-16)20-6-10(18)19/h2-5H,6H2,1H3,(H,12,17)(H,18,19). The van der Waals surface area contributed by atoms with Crippen LogP contribution in [0, 0.1) is 0 Å². The molecule has 104 valence electrons. The Morgan fingerprint density at radius 1 is 1.35 bits per heavy atom. The van der Waals surface area contributed by atoms with Crippen molar-refractivity contribution in [3.63, 3.8) is 0 Å². The molecular weight excluding hydrogens is 282 g/mol. The highest BCUT2D eigenvalue weighted by Gasteiger charge is 2.10. The summed E-state index contributed by atoms with van der Waals surface area (Å²) < 4.78 is 1.44. The molecular formula is C11H11N5O3S. The molecule has 0 radical (unpaired) electrons. The van der Waals surface area contributed by atoms with Crippen molar-refractivity contribution in [3.8, 4) is 5.69 Å². The number of nitrogens with one attached hydrogen (secondary N) is 1. The van der Waals surface area contributed by atoms with Gasteiger partial charge in [-0.25, -0.2) is 0 Å². The van der Waals surface area contributed by atoms with E-state index in [1.165, 1.54) is 11.6 Å². The fourth-order valence-electron chi connectivity index (χ4n) is 1.45. The molecule has 2 rings (SSSR count). The highest BCUT2D eigenvalue weighted by atomic mass is 32.2. The third-order valence-corrected chi connectivity index (χ3v) is 3.10. The van der Waals surface area contributed by atoms with Crippen molar-refractivity contribution in [1.29, 1.82) is 0 Å². The second-order valence-corrected chi connectivity index (χ2v) is 4.73. The third kappa shape index (κ3) is 3.54. The number of carboxylic acid groups (broad SMARTS) is 1. The van der Waals surface area contributed by atoms with Gasteiger partial charge in [0.1, 0.15) is 0 Å². The van der Waals surface area contributed by atoms with Crippen molar-refractivity contribution >= 4 is 29.3 Å². The first-order chi connectivity index (χ1) is 9.56. The predicted molar refractivity (Wildman–Crippen MR) is 71.8 cm³/mol. The van der Waals surface area contributed by atoms with Crippen LogP contribution in [0.4, 0.5) is 5.69 Å². The molecule has 2 N–H and O–H groups in total. The van der Waals surface area contributed by atoms with Crippen LogP contribution in [0.5, 0.6) is 0 Å². The van der Waals surface area contributed by atoms with Crippen LogP contribution < -0.4 is 5.32 Å². The Kier molecular flexibility index (Phi) is 4.31. The van der Waals surface area contributed by atoms with Crippen molar-refractivity contribution in [3.05, 3.63) is 24.3 Å². The second-order valence-electron chi connectivity index (χ2n) is 3.78. The molecule has 0 fully saturated rings. The van der Waals surface area contributed by atoms with Gasteiger partial charge in [0.15, 0.2) is 0 Å². The molecule has 8 nitrogen and oxygen atoms in total. The third-order valence-electron chi connectivity index (χ3n) is 2.20. The predicted octanol–water partition coefficient (Wildman–Crippen LogP) is 0.797. The van der Waals surface area contributed by atoms with Crippen LogP contribution in [0.15, 0.2) is 29.4 Å². The van der Waals surface area contributed by atoms with Gasteiger partial charge >= 0.3 is 5.97 Å². The number of hydrogen-bond acceptors (Lipinski definition) is 6. The lowest BCUT2D eigenvalue weighted by Gasteiger charge is -2.05. The first-order valence-corrected chi connectivity index (χ1v) is 6.56. The molecule has 0 saturated carbocycles. The first kappa shape index (κ1) is 14.0. The van der Waals surface area contributed by atoms with E-state index >= 15 is 0 Å². The summed E-state index contributed by atoms with van der Waals surface area (Å²) in [6, 6.07) is 6.88. The minimum atomic E-state index is -0.939. The van der Waals surface area contributed by atoms with Crippen molar-refractivity contribution in [2.45, 2.75) is 12.1 Å². The summed E-state index contributed by atoms with van der Waals surface area (Å²) in [4.78, 5) is 21.5. The van der Waals surface area contributed by atoms with E-state index in [0.717, 1.165) is 11.8 Å². The largest absolute Gasteiger partial charge is 0.481 e. The molecule has 1 amide bonds. The van der Waals surface area contributed by atoms with Crippen molar-refractivity contribution in [2.24, 2.45) is 0 Å². The number of tetrazole rings is 1. The van der Waals surface area contributed by atoms with Crippen LogP contribution in [-0.2, 0) is 9.59 Å². The number of aliphatic carboxylic acids is 1. The summed E-state index contributed by atoms with van der Waals surface area (Å²) in [5.74, 6) is -1.21. The number of anilines is 1. The molecule has 1 heterocycles. The molecule has 0 aliphatic rings. The average Bonchev–Trinajstić information content (AvgIpc) is 2.85. The number of aromatic nitrogens is 4. The molecule has 2 aromatic rings. The van der Waals surface area contributed by atoms with Crippen LogP contribution in [0.25, 0.3) is 5.69 Å². The molecule has 9 heteroatoms. The van der Waals surface area contributed by atoms with Gasteiger partial charge in [-0.05, 0) is 34.7 Å². The summed E-state index contributed by atoms with van der Waals surface area (Å²) in [5, 5.41) is 22.8. The minimum Gasteiger partial charge on any atom is -0.481 e. The number of carbonyl (C=O) groups excluding carboxylic acids is 1. The summed E-state index contributed by atoms with van der Waals surface area (Å²) in [5.41, 5.74) is 1.34. The van der Waals surface area contributed by atoms with E-state index in [1.807, 2.05) is 0 Å². The second kappa shape index (κ2) is 6.15. The van der Waals surface area contributed by atoms with Crippen molar-refractivity contribution in [1.82, 2.24) is 20.2 Å². The van der Waals surface area contributed by atoms with E-state index in [1.54, 1.807) is 24.3 Å². The SMILES string of the molecule is CC(=O)Nc1ccc(-n2nnnc2SCC(=O)O)cc1. The summed E-state index contributed by atoms with van der Waals surface area (Å²) in [6.07, 6.45) is 0. The van der Waals surface area contributed by atoms with E-state index in [2.05, 4.69) is 20.8 Å². The van der Waals surface area contributed by atoms with E-state index in [4.69, 9.17) is 5.11 Å². The minimum absolute atomic E-state index is 0.121. The molecule has 1 aromatic heterocycles. The van der Waals surface area contributed by atoms with Gasteiger partial charge < -0.3 is 10.4 Å². The maximum atomic E-state index is 10.9. The number of nitrogens with zero attached hydrogens (tertiary/aromatic N) is 4. The van der Waals surface area contributed by atoms with Gasteiger partial charge in [-0.2, -0.15) is 4.68 Å². The smallest absolute Gasteiger partial charge is 0.313 e. The summed E-state index contributed by atoms with van der Waals surface area (Å²) in [6.45, 7) is 1.43. The van der Waals surface area contributed by atoms with E-state index in [-0.39, 0.29) is 11.7 Å². The van der Waals surface area contributed by atoms with Crippen LogP contribution in [0.1, 0.15) is 6.92 Å². The normalized spacial score (nSPS) is 10.2. The Bertz CT molecular complexity index is 625. The zero-order valence-electron chi connectivity index (χ0n) is 10.5. The van der Waals surface area contributed by atoms with Crippen LogP contribution in [0.3, 0.4) is 0 Å². The lowest BCUT2D eigenvalue weighted by molar-refractivity contribution is -0.133. The number of rotatable bonds is 5.